The van der Waals surface area contributed by atoms with Crippen molar-refractivity contribution in [3.63, 3.8) is 0 Å². The molecule has 3 nitrogen and oxygen atoms in total. The van der Waals surface area contributed by atoms with Crippen molar-refractivity contribution in [2.75, 3.05) is 7.05 Å². The third-order valence-corrected chi connectivity index (χ3v) is 2.77. The minimum Gasteiger partial charge on any atom is -0.269 e. The minimum atomic E-state index is -0.545. The van der Waals surface area contributed by atoms with Gasteiger partial charge in [-0.05, 0) is 25.4 Å². The summed E-state index contributed by atoms with van der Waals surface area (Å²) in [7, 11) is 1.55. The van der Waals surface area contributed by atoms with Crippen LogP contribution < -0.4 is 0 Å². The molecular weight excluding hydrogens is 219 g/mol. The van der Waals surface area contributed by atoms with E-state index < -0.39 is 5.37 Å². The zero-order valence-corrected chi connectivity index (χ0v) is 9.37. The van der Waals surface area contributed by atoms with Gasteiger partial charge in [0.05, 0.1) is 0 Å². The van der Waals surface area contributed by atoms with Gasteiger partial charge < -0.3 is 0 Å². The molecule has 0 aliphatic rings. The zero-order chi connectivity index (χ0) is 9.72. The molecule has 0 spiro atoms. The van der Waals surface area contributed by atoms with E-state index in [9.17, 15) is 4.79 Å². The summed E-state index contributed by atoms with van der Waals surface area (Å²) in [5.74, 6) is 0. The number of aliphatic imine (C=N–C) groups is 1. The SMILES string of the molecule is CN=C(Cl)SN(C(=O)Cl)C(C)C. The summed E-state index contributed by atoms with van der Waals surface area (Å²) < 4.78 is 1.63. The lowest BCUT2D eigenvalue weighted by atomic mass is 10.4. The molecule has 0 rings (SSSR count). The maximum Gasteiger partial charge on any atom is 0.326 e. The molecule has 0 saturated heterocycles. The minimum absolute atomic E-state index is 0.00417. The Labute approximate surface area is 86.2 Å². The molecule has 0 aliphatic heterocycles. The summed E-state index contributed by atoms with van der Waals surface area (Å²) in [6, 6.07) is -0.00417. The van der Waals surface area contributed by atoms with E-state index in [1.807, 2.05) is 13.8 Å². The topological polar surface area (TPSA) is 32.7 Å². The third-order valence-electron chi connectivity index (χ3n) is 0.992. The standard InChI is InChI=1S/C6H10Cl2N2OS/c1-4(2)10(6(8)11)12-5(7)9-3/h4H,1-3H3. The first kappa shape index (κ1) is 12.1. The van der Waals surface area contributed by atoms with Crippen molar-refractivity contribution in [3.8, 4) is 0 Å². The van der Waals surface area contributed by atoms with Gasteiger partial charge in [0, 0.05) is 25.0 Å². The lowest BCUT2D eigenvalue weighted by Gasteiger charge is -2.20. The van der Waals surface area contributed by atoms with E-state index in [1.54, 1.807) is 7.05 Å². The Hall–Kier alpha value is 0.0700. The van der Waals surface area contributed by atoms with Crippen LogP contribution in [0.25, 0.3) is 0 Å². The van der Waals surface area contributed by atoms with Crippen LogP contribution in [0.15, 0.2) is 4.99 Å². The Morgan fingerprint density at radius 3 is 2.25 bits per heavy atom. The van der Waals surface area contributed by atoms with Crippen LogP contribution in [0.1, 0.15) is 13.8 Å². The molecule has 0 bridgehead atoms. The van der Waals surface area contributed by atoms with Crippen molar-refractivity contribution in [3.05, 3.63) is 0 Å². The molecule has 0 aromatic rings. The predicted octanol–water partition coefficient (Wildman–Crippen LogP) is 2.93. The molecule has 0 heterocycles. The number of hydrogen-bond acceptors (Lipinski definition) is 3. The highest BCUT2D eigenvalue weighted by molar-refractivity contribution is 8.15. The van der Waals surface area contributed by atoms with Crippen LogP contribution in [0, 0.1) is 0 Å². The molecule has 0 saturated carbocycles. The van der Waals surface area contributed by atoms with Crippen LogP contribution in [0.3, 0.4) is 0 Å². The van der Waals surface area contributed by atoms with Crippen molar-refractivity contribution >= 4 is 45.0 Å². The Morgan fingerprint density at radius 2 is 2.00 bits per heavy atom. The lowest BCUT2D eigenvalue weighted by Crippen LogP contribution is -2.27. The van der Waals surface area contributed by atoms with Gasteiger partial charge in [-0.2, -0.15) is 0 Å². The van der Waals surface area contributed by atoms with E-state index in [0.717, 1.165) is 11.9 Å². The highest BCUT2D eigenvalue weighted by atomic mass is 35.5. The van der Waals surface area contributed by atoms with Crippen LogP contribution in [0.4, 0.5) is 4.79 Å². The molecule has 0 radical (unpaired) electrons. The van der Waals surface area contributed by atoms with Crippen molar-refractivity contribution in [2.24, 2.45) is 4.99 Å². The zero-order valence-electron chi connectivity index (χ0n) is 7.04. The fourth-order valence-corrected chi connectivity index (χ4v) is 1.51. The van der Waals surface area contributed by atoms with Crippen molar-refractivity contribution in [1.82, 2.24) is 4.31 Å². The second kappa shape index (κ2) is 5.67. The van der Waals surface area contributed by atoms with Gasteiger partial charge in [-0.15, -0.1) is 0 Å². The van der Waals surface area contributed by atoms with Gasteiger partial charge >= 0.3 is 5.37 Å². The second-order valence-corrected chi connectivity index (χ2v) is 4.11. The Kier molecular flexibility index (Phi) is 5.70. The number of carbonyl (C=O) groups excluding carboxylic acids is 1. The van der Waals surface area contributed by atoms with E-state index in [-0.39, 0.29) is 10.5 Å². The lowest BCUT2D eigenvalue weighted by molar-refractivity contribution is 0.242. The van der Waals surface area contributed by atoms with Crippen molar-refractivity contribution in [2.45, 2.75) is 19.9 Å². The van der Waals surface area contributed by atoms with Gasteiger partial charge in [-0.25, -0.2) is 0 Å². The molecule has 70 valence electrons. The van der Waals surface area contributed by atoms with Crippen LogP contribution in [0.5, 0.6) is 0 Å². The highest BCUT2D eigenvalue weighted by Gasteiger charge is 2.17. The molecule has 0 atom stereocenters. The average Bonchev–Trinajstić information content (AvgIpc) is 1.98. The van der Waals surface area contributed by atoms with Crippen molar-refractivity contribution < 1.29 is 4.79 Å². The molecule has 0 fully saturated rings. The van der Waals surface area contributed by atoms with Gasteiger partial charge in [0.15, 0.2) is 4.50 Å². The first-order valence-corrected chi connectivity index (χ1v) is 4.81. The molecule has 0 unspecified atom stereocenters. The summed E-state index contributed by atoms with van der Waals surface area (Å²) in [5, 5.41) is -0.545. The summed E-state index contributed by atoms with van der Waals surface area (Å²) in [4.78, 5) is 14.5. The number of halogens is 2. The monoisotopic (exact) mass is 228 g/mol. The highest BCUT2D eigenvalue weighted by Crippen LogP contribution is 2.20. The van der Waals surface area contributed by atoms with Gasteiger partial charge in [-0.1, -0.05) is 11.6 Å². The number of carbonyl (C=O) groups is 1. The molecule has 0 aliphatic carbocycles. The largest absolute Gasteiger partial charge is 0.326 e. The van der Waals surface area contributed by atoms with Crippen LogP contribution in [0.2, 0.25) is 0 Å². The quantitative estimate of drug-likeness (QED) is 0.227. The Morgan fingerprint density at radius 1 is 1.50 bits per heavy atom. The third kappa shape index (κ3) is 4.18. The molecule has 12 heavy (non-hydrogen) atoms. The Bertz CT molecular complexity index is 196. The van der Waals surface area contributed by atoms with Gasteiger partial charge in [0.2, 0.25) is 0 Å². The van der Waals surface area contributed by atoms with E-state index >= 15 is 0 Å². The maximum absolute atomic E-state index is 10.8. The number of hydrogen-bond donors (Lipinski definition) is 0. The molecule has 0 aromatic carbocycles. The van der Waals surface area contributed by atoms with Gasteiger partial charge in [0.1, 0.15) is 0 Å². The molecule has 0 aromatic heterocycles. The Balaban J connectivity index is 4.24. The summed E-state index contributed by atoms with van der Waals surface area (Å²) in [5.41, 5.74) is 0. The predicted molar refractivity (Wildman–Crippen MR) is 55.0 cm³/mol. The van der Waals surface area contributed by atoms with E-state index in [4.69, 9.17) is 23.2 Å². The smallest absolute Gasteiger partial charge is 0.269 e. The maximum atomic E-state index is 10.8. The summed E-state index contributed by atoms with van der Waals surface area (Å²) in [6.07, 6.45) is 0. The van der Waals surface area contributed by atoms with Crippen LogP contribution >= 0.6 is 35.1 Å². The fraction of sp³-hybridized carbons (Fsp3) is 0.667. The molecule has 0 N–H and O–H groups in total. The van der Waals surface area contributed by atoms with E-state index in [2.05, 4.69) is 4.99 Å². The van der Waals surface area contributed by atoms with Crippen molar-refractivity contribution in [1.29, 1.82) is 0 Å². The average molecular weight is 229 g/mol. The number of amides is 1. The normalized spacial score (nSPS) is 12.0. The molecule has 6 heteroatoms. The van der Waals surface area contributed by atoms with Crippen LogP contribution in [-0.2, 0) is 0 Å². The van der Waals surface area contributed by atoms with Gasteiger partial charge in [-0.3, -0.25) is 14.1 Å². The molecular formula is C6H10Cl2N2OS. The van der Waals surface area contributed by atoms with E-state index in [1.165, 1.54) is 4.31 Å². The van der Waals surface area contributed by atoms with Gasteiger partial charge in [0.25, 0.3) is 0 Å². The number of nitrogens with zero attached hydrogens (tertiary/aromatic N) is 2. The molecule has 1 amide bonds. The van der Waals surface area contributed by atoms with Crippen LogP contribution in [-0.4, -0.2) is 27.3 Å². The fourth-order valence-electron chi connectivity index (χ4n) is 0.466. The summed E-state index contributed by atoms with van der Waals surface area (Å²) in [6.45, 7) is 3.68. The first-order valence-electron chi connectivity index (χ1n) is 3.28. The summed E-state index contributed by atoms with van der Waals surface area (Å²) >= 11 is 11.9. The first-order chi connectivity index (χ1) is 5.49. The van der Waals surface area contributed by atoms with E-state index in [0.29, 0.717) is 0 Å². The second-order valence-electron chi connectivity index (χ2n) is 2.24. The number of rotatable bonds is 1.